The smallest absolute Gasteiger partial charge is 0.122 e. The van der Waals surface area contributed by atoms with Crippen molar-refractivity contribution in [2.45, 2.75) is 13.0 Å². The number of aliphatic hydroxyl groups excluding tert-OH is 1. The minimum Gasteiger partial charge on any atom is -0.497 e. The molecule has 1 atom stereocenters. The second kappa shape index (κ2) is 4.63. The fraction of sp³-hybridized carbons (Fsp3) is 0.250. The van der Waals surface area contributed by atoms with Gasteiger partial charge in [0.05, 0.1) is 12.8 Å². The SMILES string of the molecule is COc1ccc(-c2csc(C(C)O)n2)cc1. The van der Waals surface area contributed by atoms with Gasteiger partial charge in [-0.1, -0.05) is 0 Å². The summed E-state index contributed by atoms with van der Waals surface area (Å²) in [5, 5.41) is 12.1. The van der Waals surface area contributed by atoms with Crippen LogP contribution in [0, 0.1) is 0 Å². The van der Waals surface area contributed by atoms with E-state index in [-0.39, 0.29) is 0 Å². The Morgan fingerprint density at radius 3 is 2.50 bits per heavy atom. The van der Waals surface area contributed by atoms with Crippen LogP contribution in [-0.2, 0) is 0 Å². The van der Waals surface area contributed by atoms with Crippen LogP contribution < -0.4 is 4.74 Å². The first-order valence-electron chi connectivity index (χ1n) is 4.98. The summed E-state index contributed by atoms with van der Waals surface area (Å²) in [4.78, 5) is 4.36. The van der Waals surface area contributed by atoms with Crippen LogP contribution in [0.15, 0.2) is 29.6 Å². The van der Waals surface area contributed by atoms with Gasteiger partial charge in [0, 0.05) is 10.9 Å². The van der Waals surface area contributed by atoms with Crippen molar-refractivity contribution in [1.82, 2.24) is 4.98 Å². The topological polar surface area (TPSA) is 42.4 Å². The van der Waals surface area contributed by atoms with Crippen LogP contribution in [0.2, 0.25) is 0 Å². The van der Waals surface area contributed by atoms with Crippen molar-refractivity contribution in [1.29, 1.82) is 0 Å². The third-order valence-electron chi connectivity index (χ3n) is 2.27. The summed E-state index contributed by atoms with van der Waals surface area (Å²) in [5.74, 6) is 0.828. The van der Waals surface area contributed by atoms with E-state index in [9.17, 15) is 5.11 Å². The van der Waals surface area contributed by atoms with Gasteiger partial charge in [0.2, 0.25) is 0 Å². The van der Waals surface area contributed by atoms with Crippen molar-refractivity contribution in [2.24, 2.45) is 0 Å². The van der Waals surface area contributed by atoms with Gasteiger partial charge in [0.25, 0.3) is 0 Å². The molecular formula is C12H13NO2S. The number of benzene rings is 1. The number of nitrogens with zero attached hydrogens (tertiary/aromatic N) is 1. The van der Waals surface area contributed by atoms with E-state index in [4.69, 9.17) is 4.74 Å². The maximum absolute atomic E-state index is 9.39. The Labute approximate surface area is 98.4 Å². The third-order valence-corrected chi connectivity index (χ3v) is 3.28. The lowest BCUT2D eigenvalue weighted by molar-refractivity contribution is 0.199. The number of thiazole rings is 1. The van der Waals surface area contributed by atoms with E-state index in [2.05, 4.69) is 4.98 Å². The van der Waals surface area contributed by atoms with Crippen LogP contribution in [0.3, 0.4) is 0 Å². The Kier molecular flexibility index (Phi) is 3.22. The normalized spacial score (nSPS) is 12.4. The van der Waals surface area contributed by atoms with E-state index in [1.165, 1.54) is 11.3 Å². The monoisotopic (exact) mass is 235 g/mol. The van der Waals surface area contributed by atoms with E-state index in [0.29, 0.717) is 0 Å². The Morgan fingerprint density at radius 2 is 2.00 bits per heavy atom. The van der Waals surface area contributed by atoms with Gasteiger partial charge >= 0.3 is 0 Å². The Bertz CT molecular complexity index is 462. The standard InChI is InChI=1S/C12H13NO2S/c1-8(14)12-13-11(7-16-12)9-3-5-10(15-2)6-4-9/h3-8,14H,1-2H3. The molecule has 16 heavy (non-hydrogen) atoms. The molecule has 0 spiro atoms. The average molecular weight is 235 g/mol. The number of aromatic nitrogens is 1. The average Bonchev–Trinajstić information content (AvgIpc) is 2.78. The predicted molar refractivity (Wildman–Crippen MR) is 64.7 cm³/mol. The van der Waals surface area contributed by atoms with Gasteiger partial charge < -0.3 is 9.84 Å². The molecule has 4 heteroatoms. The Morgan fingerprint density at radius 1 is 1.31 bits per heavy atom. The summed E-state index contributed by atoms with van der Waals surface area (Å²) in [6.45, 7) is 1.72. The molecule has 0 aliphatic carbocycles. The fourth-order valence-corrected chi connectivity index (χ4v) is 2.14. The van der Waals surface area contributed by atoms with Crippen LogP contribution in [0.5, 0.6) is 5.75 Å². The van der Waals surface area contributed by atoms with Gasteiger partial charge in [0.1, 0.15) is 16.9 Å². The molecule has 84 valence electrons. The van der Waals surface area contributed by atoms with Gasteiger partial charge in [-0.3, -0.25) is 0 Å². The number of aliphatic hydroxyl groups is 1. The molecule has 0 radical (unpaired) electrons. The molecule has 2 rings (SSSR count). The molecule has 0 saturated heterocycles. The van der Waals surface area contributed by atoms with Crippen molar-refractivity contribution >= 4 is 11.3 Å². The highest BCUT2D eigenvalue weighted by Crippen LogP contribution is 2.26. The highest BCUT2D eigenvalue weighted by atomic mass is 32.1. The zero-order chi connectivity index (χ0) is 11.5. The number of hydrogen-bond donors (Lipinski definition) is 1. The molecule has 1 aromatic carbocycles. The minimum atomic E-state index is -0.503. The molecule has 3 nitrogen and oxygen atoms in total. The lowest BCUT2D eigenvalue weighted by Crippen LogP contribution is -1.89. The number of rotatable bonds is 3. The van der Waals surface area contributed by atoms with E-state index in [0.717, 1.165) is 22.0 Å². The van der Waals surface area contributed by atoms with Crippen molar-refractivity contribution in [3.8, 4) is 17.0 Å². The summed E-state index contributed by atoms with van der Waals surface area (Å²) < 4.78 is 5.09. The summed E-state index contributed by atoms with van der Waals surface area (Å²) in [6, 6.07) is 7.72. The van der Waals surface area contributed by atoms with Crippen molar-refractivity contribution in [3.05, 3.63) is 34.7 Å². The first-order valence-corrected chi connectivity index (χ1v) is 5.86. The fourth-order valence-electron chi connectivity index (χ4n) is 1.37. The highest BCUT2D eigenvalue weighted by Gasteiger charge is 2.08. The molecule has 1 heterocycles. The summed E-state index contributed by atoms with van der Waals surface area (Å²) in [5.41, 5.74) is 1.92. The van der Waals surface area contributed by atoms with E-state index >= 15 is 0 Å². The first kappa shape index (κ1) is 11.1. The molecule has 1 aromatic heterocycles. The van der Waals surface area contributed by atoms with Crippen LogP contribution in [0.1, 0.15) is 18.0 Å². The Balaban J connectivity index is 2.28. The van der Waals surface area contributed by atoms with Crippen molar-refractivity contribution in [3.63, 3.8) is 0 Å². The molecule has 0 aliphatic rings. The maximum Gasteiger partial charge on any atom is 0.122 e. The van der Waals surface area contributed by atoms with E-state index in [1.54, 1.807) is 14.0 Å². The van der Waals surface area contributed by atoms with Gasteiger partial charge in [0.15, 0.2) is 0 Å². The number of methoxy groups -OCH3 is 1. The summed E-state index contributed by atoms with van der Waals surface area (Å²) in [7, 11) is 1.64. The third kappa shape index (κ3) is 2.23. The van der Waals surface area contributed by atoms with E-state index in [1.807, 2.05) is 29.6 Å². The minimum absolute atomic E-state index is 0.503. The molecule has 0 fully saturated rings. The summed E-state index contributed by atoms with van der Waals surface area (Å²) >= 11 is 1.47. The molecular weight excluding hydrogens is 222 g/mol. The lowest BCUT2D eigenvalue weighted by atomic mass is 10.2. The second-order valence-corrected chi connectivity index (χ2v) is 4.37. The van der Waals surface area contributed by atoms with Crippen LogP contribution in [0.4, 0.5) is 0 Å². The van der Waals surface area contributed by atoms with Gasteiger partial charge in [-0.15, -0.1) is 11.3 Å². The van der Waals surface area contributed by atoms with Gasteiger partial charge in [-0.05, 0) is 31.2 Å². The first-order chi connectivity index (χ1) is 7.70. The van der Waals surface area contributed by atoms with Crippen LogP contribution >= 0.6 is 11.3 Å². The second-order valence-electron chi connectivity index (χ2n) is 3.48. The molecule has 1 unspecified atom stereocenters. The van der Waals surface area contributed by atoms with Crippen LogP contribution in [-0.4, -0.2) is 17.2 Å². The number of ether oxygens (including phenoxy) is 1. The molecule has 0 aliphatic heterocycles. The molecule has 0 bridgehead atoms. The molecule has 0 saturated carbocycles. The molecule has 0 amide bonds. The van der Waals surface area contributed by atoms with Crippen molar-refractivity contribution in [2.75, 3.05) is 7.11 Å². The molecule has 2 aromatic rings. The quantitative estimate of drug-likeness (QED) is 0.889. The zero-order valence-electron chi connectivity index (χ0n) is 9.18. The highest BCUT2D eigenvalue weighted by molar-refractivity contribution is 7.10. The van der Waals surface area contributed by atoms with E-state index < -0.39 is 6.10 Å². The number of hydrogen-bond acceptors (Lipinski definition) is 4. The van der Waals surface area contributed by atoms with Gasteiger partial charge in [-0.2, -0.15) is 0 Å². The predicted octanol–water partition coefficient (Wildman–Crippen LogP) is 2.87. The summed E-state index contributed by atoms with van der Waals surface area (Å²) in [6.07, 6.45) is -0.503. The largest absolute Gasteiger partial charge is 0.497 e. The lowest BCUT2D eigenvalue weighted by Gasteiger charge is -2.00. The zero-order valence-corrected chi connectivity index (χ0v) is 9.99. The molecule has 1 N–H and O–H groups in total. The maximum atomic E-state index is 9.39. The van der Waals surface area contributed by atoms with Gasteiger partial charge in [-0.25, -0.2) is 4.98 Å². The van der Waals surface area contributed by atoms with Crippen LogP contribution in [0.25, 0.3) is 11.3 Å². The van der Waals surface area contributed by atoms with Crippen molar-refractivity contribution < 1.29 is 9.84 Å². The Hall–Kier alpha value is -1.39.